The first-order valence-electron chi connectivity index (χ1n) is 7.97. The number of amidine groups is 1. The highest BCUT2D eigenvalue weighted by Crippen LogP contribution is 2.20. The van der Waals surface area contributed by atoms with Gasteiger partial charge >= 0.3 is 0 Å². The Morgan fingerprint density at radius 2 is 2.00 bits per heavy atom. The Bertz CT molecular complexity index is 608. The van der Waals surface area contributed by atoms with Crippen molar-refractivity contribution in [2.75, 3.05) is 6.61 Å². The van der Waals surface area contributed by atoms with Crippen molar-refractivity contribution in [3.8, 4) is 5.75 Å². The molecular weight excluding hydrogens is 294 g/mol. The monoisotopic (exact) mass is 317 g/mol. The van der Waals surface area contributed by atoms with Gasteiger partial charge in [-0.15, -0.1) is 5.10 Å². The van der Waals surface area contributed by atoms with Gasteiger partial charge < -0.3 is 9.84 Å². The third-order valence-corrected chi connectivity index (χ3v) is 3.55. The molecule has 1 heterocycles. The summed E-state index contributed by atoms with van der Waals surface area (Å²) in [6, 6.07) is 6.34. The summed E-state index contributed by atoms with van der Waals surface area (Å²) >= 11 is 0. The van der Waals surface area contributed by atoms with Crippen LogP contribution in [0.1, 0.15) is 39.2 Å². The standard InChI is InChI=1S/C17H23N3O3/c1-4-15-18-14(11-12-7-9-13(21)10-8-12)17(22)20(15)19-16(5-2)23-6-3/h7-10,14,21H,4-6,11H2,1-3H3/b19-16+. The highest BCUT2D eigenvalue weighted by Gasteiger charge is 2.34. The molecule has 2 rings (SSSR count). The number of ether oxygens (including phenoxy) is 1. The predicted molar refractivity (Wildman–Crippen MR) is 89.5 cm³/mol. The van der Waals surface area contributed by atoms with Crippen LogP contribution < -0.4 is 0 Å². The second-order valence-electron chi connectivity index (χ2n) is 5.22. The van der Waals surface area contributed by atoms with Crippen LogP contribution in [0.25, 0.3) is 0 Å². The van der Waals surface area contributed by atoms with Crippen molar-refractivity contribution in [3.63, 3.8) is 0 Å². The number of hydrogen-bond acceptors (Lipinski definition) is 5. The van der Waals surface area contributed by atoms with E-state index >= 15 is 0 Å². The molecule has 1 aromatic rings. The number of hydrogen-bond donors (Lipinski definition) is 1. The van der Waals surface area contributed by atoms with Crippen LogP contribution in [-0.2, 0) is 16.0 Å². The summed E-state index contributed by atoms with van der Waals surface area (Å²) in [6.45, 7) is 6.29. The topological polar surface area (TPSA) is 74.5 Å². The van der Waals surface area contributed by atoms with E-state index in [9.17, 15) is 9.90 Å². The van der Waals surface area contributed by atoms with E-state index < -0.39 is 6.04 Å². The number of hydrazone groups is 1. The summed E-state index contributed by atoms with van der Waals surface area (Å²) in [4.78, 5) is 17.1. The van der Waals surface area contributed by atoms with E-state index in [1.165, 1.54) is 5.01 Å². The van der Waals surface area contributed by atoms with Crippen LogP contribution in [0.4, 0.5) is 0 Å². The lowest BCUT2D eigenvalue weighted by molar-refractivity contribution is -0.127. The molecule has 0 bridgehead atoms. The smallest absolute Gasteiger partial charge is 0.273 e. The summed E-state index contributed by atoms with van der Waals surface area (Å²) in [7, 11) is 0. The quantitative estimate of drug-likeness (QED) is 0.647. The van der Waals surface area contributed by atoms with Crippen molar-refractivity contribution in [1.29, 1.82) is 0 Å². The summed E-state index contributed by atoms with van der Waals surface area (Å²) in [5.74, 6) is 1.26. The van der Waals surface area contributed by atoms with E-state index in [0.717, 1.165) is 5.56 Å². The van der Waals surface area contributed by atoms with Crippen LogP contribution in [-0.4, -0.2) is 40.4 Å². The zero-order valence-electron chi connectivity index (χ0n) is 13.8. The highest BCUT2D eigenvalue weighted by atomic mass is 16.5. The van der Waals surface area contributed by atoms with E-state index in [2.05, 4.69) is 10.1 Å². The SMILES string of the molecule is CCO/C(CC)=N/N1C(=O)C(Cc2ccc(O)cc2)N=C1CC. The molecule has 0 aromatic heterocycles. The summed E-state index contributed by atoms with van der Waals surface area (Å²) in [5.41, 5.74) is 0.951. The Kier molecular flexibility index (Phi) is 5.73. The average molecular weight is 317 g/mol. The molecule has 6 nitrogen and oxygen atoms in total. The van der Waals surface area contributed by atoms with Crippen LogP contribution in [0.3, 0.4) is 0 Å². The molecule has 0 fully saturated rings. The molecule has 0 aliphatic carbocycles. The maximum Gasteiger partial charge on any atom is 0.273 e. The molecule has 1 unspecified atom stereocenters. The molecule has 1 amide bonds. The largest absolute Gasteiger partial charge is 0.508 e. The number of phenolic OH excluding ortho intramolecular Hbond substituents is 1. The first-order chi connectivity index (χ1) is 11.1. The molecule has 0 spiro atoms. The lowest BCUT2D eigenvalue weighted by Gasteiger charge is -2.14. The Morgan fingerprint density at radius 1 is 1.30 bits per heavy atom. The van der Waals surface area contributed by atoms with E-state index in [4.69, 9.17) is 4.74 Å². The fourth-order valence-electron chi connectivity index (χ4n) is 2.37. The second-order valence-corrected chi connectivity index (χ2v) is 5.22. The van der Waals surface area contributed by atoms with E-state index in [0.29, 0.717) is 37.6 Å². The van der Waals surface area contributed by atoms with Crippen molar-refractivity contribution in [1.82, 2.24) is 5.01 Å². The summed E-state index contributed by atoms with van der Waals surface area (Å²) < 4.78 is 5.43. The minimum Gasteiger partial charge on any atom is -0.508 e. The lowest BCUT2D eigenvalue weighted by Crippen LogP contribution is -2.32. The molecular formula is C17H23N3O3. The zero-order valence-corrected chi connectivity index (χ0v) is 13.8. The molecule has 124 valence electrons. The van der Waals surface area contributed by atoms with Gasteiger partial charge in [-0.25, -0.2) is 0 Å². The first-order valence-corrected chi connectivity index (χ1v) is 7.97. The van der Waals surface area contributed by atoms with Gasteiger partial charge in [-0.05, 0) is 24.6 Å². The number of aromatic hydroxyl groups is 1. The van der Waals surface area contributed by atoms with Crippen LogP contribution >= 0.6 is 0 Å². The third-order valence-electron chi connectivity index (χ3n) is 3.55. The van der Waals surface area contributed by atoms with Gasteiger partial charge in [0.15, 0.2) is 0 Å². The number of carbonyl (C=O) groups excluding carboxylic acids is 1. The zero-order chi connectivity index (χ0) is 16.8. The Morgan fingerprint density at radius 3 is 2.57 bits per heavy atom. The normalized spacial score (nSPS) is 18.3. The van der Waals surface area contributed by atoms with Crippen LogP contribution in [0, 0.1) is 0 Å². The van der Waals surface area contributed by atoms with Crippen molar-refractivity contribution in [2.45, 2.75) is 46.1 Å². The second kappa shape index (κ2) is 7.76. The number of amides is 1. The number of carbonyl (C=O) groups is 1. The van der Waals surface area contributed by atoms with Gasteiger partial charge in [0.05, 0.1) is 6.61 Å². The molecule has 0 radical (unpaired) electrons. The Balaban J connectivity index is 2.17. The van der Waals surface area contributed by atoms with Gasteiger partial charge in [0, 0.05) is 19.3 Å². The van der Waals surface area contributed by atoms with Crippen LogP contribution in [0.5, 0.6) is 5.75 Å². The Hall–Kier alpha value is -2.37. The molecule has 1 aliphatic heterocycles. The lowest BCUT2D eigenvalue weighted by atomic mass is 10.1. The number of rotatable bonds is 6. The van der Waals surface area contributed by atoms with Gasteiger partial charge in [-0.3, -0.25) is 9.79 Å². The number of aliphatic imine (C=N–C) groups is 1. The maximum absolute atomic E-state index is 12.6. The minimum absolute atomic E-state index is 0.138. The maximum atomic E-state index is 12.6. The molecule has 23 heavy (non-hydrogen) atoms. The van der Waals surface area contributed by atoms with Crippen LogP contribution in [0.2, 0.25) is 0 Å². The van der Waals surface area contributed by atoms with E-state index in [1.54, 1.807) is 24.3 Å². The van der Waals surface area contributed by atoms with Crippen molar-refractivity contribution >= 4 is 17.6 Å². The summed E-state index contributed by atoms with van der Waals surface area (Å²) in [6.07, 6.45) is 1.74. The summed E-state index contributed by atoms with van der Waals surface area (Å²) in [5, 5.41) is 15.0. The Labute approximate surface area is 136 Å². The molecule has 1 N–H and O–H groups in total. The third kappa shape index (κ3) is 4.09. The highest BCUT2D eigenvalue weighted by molar-refractivity contribution is 6.06. The van der Waals surface area contributed by atoms with Crippen molar-refractivity contribution in [2.24, 2.45) is 10.1 Å². The van der Waals surface area contributed by atoms with Gasteiger partial charge in [0.25, 0.3) is 5.91 Å². The van der Waals surface area contributed by atoms with Crippen molar-refractivity contribution in [3.05, 3.63) is 29.8 Å². The predicted octanol–water partition coefficient (Wildman–Crippen LogP) is 2.71. The van der Waals surface area contributed by atoms with E-state index in [1.807, 2.05) is 20.8 Å². The average Bonchev–Trinajstić information content (AvgIpc) is 2.85. The number of benzene rings is 1. The molecule has 6 heteroatoms. The molecule has 0 saturated heterocycles. The molecule has 1 atom stereocenters. The molecule has 1 aliphatic rings. The van der Waals surface area contributed by atoms with Crippen LogP contribution in [0.15, 0.2) is 34.4 Å². The minimum atomic E-state index is -0.474. The number of nitrogens with zero attached hydrogens (tertiary/aromatic N) is 3. The molecule has 0 saturated carbocycles. The van der Waals surface area contributed by atoms with Gasteiger partial charge in [-0.2, -0.15) is 5.01 Å². The van der Waals surface area contributed by atoms with Gasteiger partial charge in [0.2, 0.25) is 5.90 Å². The van der Waals surface area contributed by atoms with E-state index in [-0.39, 0.29) is 11.7 Å². The van der Waals surface area contributed by atoms with Gasteiger partial charge in [0.1, 0.15) is 17.6 Å². The first kappa shape index (κ1) is 17.0. The fraction of sp³-hybridized carbons (Fsp3) is 0.471. The molecule has 1 aromatic carbocycles. The van der Waals surface area contributed by atoms with Gasteiger partial charge in [-0.1, -0.05) is 26.0 Å². The number of phenols is 1. The van der Waals surface area contributed by atoms with Crippen molar-refractivity contribution < 1.29 is 14.6 Å². The fourth-order valence-corrected chi connectivity index (χ4v) is 2.37.